The molecule has 3 heteroatoms. The second-order valence-corrected chi connectivity index (χ2v) is 3.82. The average molecular weight is 229 g/mol. The highest BCUT2D eigenvalue weighted by Gasteiger charge is 2.09. The van der Waals surface area contributed by atoms with Crippen molar-refractivity contribution in [1.82, 2.24) is 4.98 Å². The lowest BCUT2D eigenvalue weighted by Gasteiger charge is -2.10. The fourth-order valence-electron chi connectivity index (χ4n) is 1.66. The molecule has 0 amide bonds. The van der Waals surface area contributed by atoms with Gasteiger partial charge >= 0.3 is 0 Å². The smallest absolute Gasteiger partial charge is 0.118 e. The number of hydrogen-bond donors (Lipinski definition) is 1. The Morgan fingerprint density at radius 2 is 1.94 bits per heavy atom. The zero-order valence-corrected chi connectivity index (χ0v) is 9.71. The molecule has 0 bridgehead atoms. The van der Waals surface area contributed by atoms with E-state index in [1.165, 1.54) is 0 Å². The van der Waals surface area contributed by atoms with E-state index < -0.39 is 6.10 Å². The third-order valence-electron chi connectivity index (χ3n) is 2.62. The largest absolute Gasteiger partial charge is 0.497 e. The molecule has 0 radical (unpaired) electrons. The standard InChI is InChI=1S/C14H15NO2/c1-17-12-7-5-11(6-8-12)10-14(16)13-4-2-3-9-15-13/h2-9,14,16H,10H2,1H3. The molecule has 17 heavy (non-hydrogen) atoms. The van der Waals surface area contributed by atoms with Crippen molar-refractivity contribution in [2.24, 2.45) is 0 Å². The second kappa shape index (κ2) is 5.46. The van der Waals surface area contributed by atoms with Gasteiger partial charge in [0.25, 0.3) is 0 Å². The van der Waals surface area contributed by atoms with Crippen LogP contribution in [0, 0.1) is 0 Å². The molecule has 0 aliphatic rings. The molecule has 0 fully saturated rings. The zero-order chi connectivity index (χ0) is 12.1. The van der Waals surface area contributed by atoms with E-state index in [2.05, 4.69) is 4.98 Å². The minimum atomic E-state index is -0.565. The van der Waals surface area contributed by atoms with Gasteiger partial charge < -0.3 is 9.84 Å². The first-order valence-electron chi connectivity index (χ1n) is 5.51. The summed E-state index contributed by atoms with van der Waals surface area (Å²) in [7, 11) is 1.64. The number of aliphatic hydroxyl groups is 1. The summed E-state index contributed by atoms with van der Waals surface area (Å²) >= 11 is 0. The zero-order valence-electron chi connectivity index (χ0n) is 9.71. The minimum absolute atomic E-state index is 0.557. The summed E-state index contributed by atoms with van der Waals surface area (Å²) in [4.78, 5) is 4.13. The molecule has 0 saturated heterocycles. The number of hydrogen-bond acceptors (Lipinski definition) is 3. The fraction of sp³-hybridized carbons (Fsp3) is 0.214. The number of nitrogens with zero attached hydrogens (tertiary/aromatic N) is 1. The first kappa shape index (κ1) is 11.6. The van der Waals surface area contributed by atoms with Crippen LogP contribution in [0.3, 0.4) is 0 Å². The lowest BCUT2D eigenvalue weighted by atomic mass is 10.1. The number of benzene rings is 1. The van der Waals surface area contributed by atoms with Gasteiger partial charge in [-0.25, -0.2) is 0 Å². The van der Waals surface area contributed by atoms with Gasteiger partial charge in [0.2, 0.25) is 0 Å². The average Bonchev–Trinajstić information content (AvgIpc) is 2.40. The Morgan fingerprint density at radius 3 is 2.53 bits per heavy atom. The predicted octanol–water partition coefficient (Wildman–Crippen LogP) is 2.37. The third-order valence-corrected chi connectivity index (χ3v) is 2.62. The normalized spacial score (nSPS) is 12.1. The molecule has 1 heterocycles. The molecule has 0 aliphatic carbocycles. The van der Waals surface area contributed by atoms with Crippen LogP contribution in [-0.4, -0.2) is 17.2 Å². The number of methoxy groups -OCH3 is 1. The monoisotopic (exact) mass is 229 g/mol. The number of aromatic nitrogens is 1. The quantitative estimate of drug-likeness (QED) is 0.875. The first-order chi connectivity index (χ1) is 8.29. The van der Waals surface area contributed by atoms with E-state index >= 15 is 0 Å². The maximum Gasteiger partial charge on any atom is 0.118 e. The topological polar surface area (TPSA) is 42.4 Å². The summed E-state index contributed by atoms with van der Waals surface area (Å²) in [5.41, 5.74) is 1.76. The molecule has 1 atom stereocenters. The van der Waals surface area contributed by atoms with Crippen LogP contribution in [0.1, 0.15) is 17.4 Å². The van der Waals surface area contributed by atoms with Gasteiger partial charge in [0.15, 0.2) is 0 Å². The van der Waals surface area contributed by atoms with E-state index in [1.54, 1.807) is 13.3 Å². The van der Waals surface area contributed by atoms with E-state index in [9.17, 15) is 5.11 Å². The molecule has 0 saturated carbocycles. The Labute approximate surface area is 101 Å². The third kappa shape index (κ3) is 3.04. The SMILES string of the molecule is COc1ccc(CC(O)c2ccccn2)cc1. The van der Waals surface area contributed by atoms with Crippen LogP contribution in [0.15, 0.2) is 48.7 Å². The van der Waals surface area contributed by atoms with Crippen LogP contribution in [-0.2, 0) is 6.42 Å². The van der Waals surface area contributed by atoms with Crippen LogP contribution in [0.2, 0.25) is 0 Å². The van der Waals surface area contributed by atoms with Gasteiger partial charge in [-0.3, -0.25) is 4.98 Å². The van der Waals surface area contributed by atoms with E-state index in [-0.39, 0.29) is 0 Å². The molecule has 0 spiro atoms. The lowest BCUT2D eigenvalue weighted by Crippen LogP contribution is -2.03. The molecule has 1 aromatic carbocycles. The van der Waals surface area contributed by atoms with Gasteiger partial charge in [0.05, 0.1) is 18.9 Å². The number of pyridine rings is 1. The Hall–Kier alpha value is -1.87. The molecule has 1 aromatic heterocycles. The van der Waals surface area contributed by atoms with Crippen molar-refractivity contribution in [3.63, 3.8) is 0 Å². The maximum absolute atomic E-state index is 10.0. The van der Waals surface area contributed by atoms with Crippen LogP contribution < -0.4 is 4.74 Å². The van der Waals surface area contributed by atoms with Gasteiger partial charge in [-0.2, -0.15) is 0 Å². The van der Waals surface area contributed by atoms with E-state index in [4.69, 9.17) is 4.74 Å². The van der Waals surface area contributed by atoms with Crippen LogP contribution >= 0.6 is 0 Å². The van der Waals surface area contributed by atoms with Crippen molar-refractivity contribution in [3.8, 4) is 5.75 Å². The van der Waals surface area contributed by atoms with E-state index in [1.807, 2.05) is 42.5 Å². The number of ether oxygens (including phenoxy) is 1. The molecular weight excluding hydrogens is 214 g/mol. The van der Waals surface area contributed by atoms with Crippen molar-refractivity contribution in [2.45, 2.75) is 12.5 Å². The summed E-state index contributed by atoms with van der Waals surface area (Å²) in [6, 6.07) is 13.2. The molecule has 2 rings (SSSR count). The number of aliphatic hydroxyl groups excluding tert-OH is 1. The van der Waals surface area contributed by atoms with Crippen molar-refractivity contribution >= 4 is 0 Å². The first-order valence-corrected chi connectivity index (χ1v) is 5.51. The lowest BCUT2D eigenvalue weighted by molar-refractivity contribution is 0.173. The van der Waals surface area contributed by atoms with Gasteiger partial charge in [-0.1, -0.05) is 18.2 Å². The van der Waals surface area contributed by atoms with Crippen LogP contribution in [0.25, 0.3) is 0 Å². The van der Waals surface area contributed by atoms with Gasteiger partial charge in [0.1, 0.15) is 5.75 Å². The Balaban J connectivity index is 2.05. The van der Waals surface area contributed by atoms with Gasteiger partial charge in [-0.05, 0) is 29.8 Å². The van der Waals surface area contributed by atoms with Crippen molar-refractivity contribution in [3.05, 3.63) is 59.9 Å². The fourth-order valence-corrected chi connectivity index (χ4v) is 1.66. The summed E-state index contributed by atoms with van der Waals surface area (Å²) in [6.45, 7) is 0. The summed E-state index contributed by atoms with van der Waals surface area (Å²) in [6.07, 6.45) is 1.68. The molecule has 2 aromatic rings. The highest BCUT2D eigenvalue weighted by molar-refractivity contribution is 5.28. The Kier molecular flexibility index (Phi) is 3.73. The number of rotatable bonds is 4. The molecule has 1 unspecified atom stereocenters. The molecule has 3 nitrogen and oxygen atoms in total. The highest BCUT2D eigenvalue weighted by atomic mass is 16.5. The molecule has 88 valence electrons. The van der Waals surface area contributed by atoms with Crippen molar-refractivity contribution in [2.75, 3.05) is 7.11 Å². The van der Waals surface area contributed by atoms with E-state index in [0.717, 1.165) is 11.3 Å². The minimum Gasteiger partial charge on any atom is -0.497 e. The molecular formula is C14H15NO2. The summed E-state index contributed by atoms with van der Waals surface area (Å²) in [5, 5.41) is 10.0. The Morgan fingerprint density at radius 1 is 1.18 bits per heavy atom. The summed E-state index contributed by atoms with van der Waals surface area (Å²) < 4.78 is 5.08. The Bertz CT molecular complexity index is 453. The maximum atomic E-state index is 10.0. The van der Waals surface area contributed by atoms with Crippen LogP contribution in [0.4, 0.5) is 0 Å². The molecule has 0 aliphatic heterocycles. The van der Waals surface area contributed by atoms with Crippen molar-refractivity contribution < 1.29 is 9.84 Å². The van der Waals surface area contributed by atoms with Crippen LogP contribution in [0.5, 0.6) is 5.75 Å². The summed E-state index contributed by atoms with van der Waals surface area (Å²) in [5.74, 6) is 0.820. The predicted molar refractivity (Wildman–Crippen MR) is 65.9 cm³/mol. The van der Waals surface area contributed by atoms with Crippen molar-refractivity contribution in [1.29, 1.82) is 0 Å². The van der Waals surface area contributed by atoms with Gasteiger partial charge in [0, 0.05) is 12.6 Å². The second-order valence-electron chi connectivity index (χ2n) is 3.82. The highest BCUT2D eigenvalue weighted by Crippen LogP contribution is 2.18. The molecule has 1 N–H and O–H groups in total. The van der Waals surface area contributed by atoms with E-state index in [0.29, 0.717) is 12.1 Å². The van der Waals surface area contributed by atoms with Gasteiger partial charge in [-0.15, -0.1) is 0 Å².